The topological polar surface area (TPSA) is 104 Å². The molecular weight excluding hydrogens is 514 g/mol. The van der Waals surface area contributed by atoms with Gasteiger partial charge in [0.25, 0.3) is 0 Å². The Morgan fingerprint density at radius 1 is 0.949 bits per heavy atom. The normalized spacial score (nSPS) is 39.6. The summed E-state index contributed by atoms with van der Waals surface area (Å²) < 4.78 is 56.9. The molecule has 0 amide bonds. The summed E-state index contributed by atoms with van der Waals surface area (Å²) in [7, 11) is 4.50. The van der Waals surface area contributed by atoms with Gasteiger partial charge in [0.05, 0.1) is 18.3 Å². The highest BCUT2D eigenvalue weighted by Crippen LogP contribution is 2.42. The molecule has 39 heavy (non-hydrogen) atoms. The summed E-state index contributed by atoms with van der Waals surface area (Å²) in [5, 5.41) is 22.9. The molecule has 1 unspecified atom stereocenters. The van der Waals surface area contributed by atoms with Crippen molar-refractivity contribution in [2.24, 2.45) is 17.8 Å². The van der Waals surface area contributed by atoms with E-state index in [1.54, 1.807) is 21.1 Å². The summed E-state index contributed by atoms with van der Waals surface area (Å²) in [4.78, 5) is 13.4. The van der Waals surface area contributed by atoms with E-state index in [1.165, 1.54) is 14.0 Å². The van der Waals surface area contributed by atoms with Crippen LogP contribution in [0, 0.1) is 29.4 Å². The Morgan fingerprint density at radius 3 is 2.18 bits per heavy atom. The number of methoxy groups -OCH3 is 3. The van der Waals surface area contributed by atoms with Crippen molar-refractivity contribution in [3.63, 3.8) is 0 Å². The van der Waals surface area contributed by atoms with Crippen LogP contribution in [0.5, 0.6) is 0 Å². The van der Waals surface area contributed by atoms with Gasteiger partial charge in [-0.2, -0.15) is 0 Å². The minimum atomic E-state index is -2.24. The number of fused-ring (bicyclic) bond motifs is 2. The average molecular weight is 557 g/mol. The second-order valence-electron chi connectivity index (χ2n) is 10.7. The molecule has 0 aromatic heterocycles. The Labute approximate surface area is 229 Å². The Morgan fingerprint density at radius 2 is 1.59 bits per heavy atom. The summed E-state index contributed by atoms with van der Waals surface area (Å²) in [6, 6.07) is 3.00. The fraction of sp³-hybridized carbons (Fsp3) is 0.690. The summed E-state index contributed by atoms with van der Waals surface area (Å²) in [5.41, 5.74) is 0.162. The lowest BCUT2D eigenvalue weighted by Crippen LogP contribution is -2.66. The van der Waals surface area contributed by atoms with Crippen molar-refractivity contribution in [1.82, 2.24) is 0 Å². The predicted molar refractivity (Wildman–Crippen MR) is 139 cm³/mol. The number of carbonyl (C=O) groups is 1. The minimum absolute atomic E-state index is 0.162. The molecule has 0 spiro atoms. The zero-order valence-corrected chi connectivity index (χ0v) is 23.5. The van der Waals surface area contributed by atoms with Crippen LogP contribution in [0.3, 0.4) is 0 Å². The van der Waals surface area contributed by atoms with Crippen LogP contribution in [0.15, 0.2) is 30.4 Å². The van der Waals surface area contributed by atoms with Gasteiger partial charge in [-0.25, -0.2) is 8.78 Å². The van der Waals surface area contributed by atoms with Crippen molar-refractivity contribution in [1.29, 1.82) is 0 Å². The second kappa shape index (κ2) is 13.6. The van der Waals surface area contributed by atoms with E-state index in [0.717, 1.165) is 18.2 Å². The smallest absolute Gasteiger partial charge is 0.314 e. The maximum absolute atomic E-state index is 14.1. The molecule has 0 saturated carbocycles. The van der Waals surface area contributed by atoms with E-state index in [2.05, 4.69) is 0 Å². The van der Waals surface area contributed by atoms with Crippen LogP contribution in [0.2, 0.25) is 0 Å². The van der Waals surface area contributed by atoms with Gasteiger partial charge in [0.1, 0.15) is 35.9 Å². The number of aliphatic hydroxyl groups is 2. The van der Waals surface area contributed by atoms with Gasteiger partial charge in [0, 0.05) is 39.2 Å². The number of hydrogen-bond donors (Lipinski definition) is 2. The highest BCUT2D eigenvalue weighted by Gasteiger charge is 2.58. The molecule has 1 aromatic carbocycles. The van der Waals surface area contributed by atoms with Crippen LogP contribution in [0.25, 0.3) is 0 Å². The zero-order valence-electron chi connectivity index (χ0n) is 23.5. The van der Waals surface area contributed by atoms with Crippen LogP contribution in [-0.2, 0) is 28.5 Å². The van der Waals surface area contributed by atoms with E-state index >= 15 is 0 Å². The predicted octanol–water partition coefficient (Wildman–Crippen LogP) is 4.08. The fourth-order valence-corrected chi connectivity index (χ4v) is 5.66. The lowest BCUT2D eigenvalue weighted by Gasteiger charge is -2.51. The van der Waals surface area contributed by atoms with E-state index < -0.39 is 59.6 Å². The van der Waals surface area contributed by atoms with Gasteiger partial charge >= 0.3 is 5.97 Å². The molecule has 2 N–H and O–H groups in total. The lowest BCUT2D eigenvalue weighted by molar-refractivity contribution is -0.360. The van der Waals surface area contributed by atoms with Crippen molar-refractivity contribution < 1.29 is 47.5 Å². The molecule has 0 radical (unpaired) electrons. The van der Waals surface area contributed by atoms with Crippen LogP contribution in [0.1, 0.15) is 58.1 Å². The van der Waals surface area contributed by atoms with Gasteiger partial charge in [0.15, 0.2) is 0 Å². The SMILES string of the molecule is COC1CCCC[C@@H](c2cc(F)cc(F)c2)OC(=O)[C@@H](C)[C@@]2(O)O[C@H]([C@@H](C)[C@H](O)[C@H]2OC)[C@@H](C)/C=C/[C@H]1OC. The first kappa shape index (κ1) is 31.6. The molecule has 220 valence electrons. The molecule has 2 bridgehead atoms. The molecule has 3 rings (SSSR count). The van der Waals surface area contributed by atoms with E-state index in [9.17, 15) is 23.8 Å². The molecule has 0 aliphatic carbocycles. The number of halogens is 2. The molecule has 1 aromatic rings. The first-order chi connectivity index (χ1) is 18.5. The highest BCUT2D eigenvalue weighted by molar-refractivity contribution is 5.73. The van der Waals surface area contributed by atoms with Gasteiger partial charge in [0.2, 0.25) is 5.79 Å². The number of carbonyl (C=O) groups excluding carboxylic acids is 1. The zero-order chi connectivity index (χ0) is 28.9. The molecule has 1 fully saturated rings. The number of benzene rings is 1. The summed E-state index contributed by atoms with van der Waals surface area (Å²) in [6.45, 7) is 5.09. The third-order valence-electron chi connectivity index (χ3n) is 8.11. The number of aliphatic hydroxyl groups excluding tert-OH is 1. The molecule has 10 atom stereocenters. The molecule has 2 aliphatic rings. The minimum Gasteiger partial charge on any atom is -0.457 e. The van der Waals surface area contributed by atoms with Gasteiger partial charge < -0.3 is 33.9 Å². The van der Waals surface area contributed by atoms with E-state index in [-0.39, 0.29) is 30.1 Å². The fourth-order valence-electron chi connectivity index (χ4n) is 5.66. The number of ether oxygens (including phenoxy) is 5. The first-order valence-electron chi connectivity index (χ1n) is 13.5. The number of esters is 1. The van der Waals surface area contributed by atoms with Crippen LogP contribution < -0.4 is 0 Å². The van der Waals surface area contributed by atoms with E-state index in [1.807, 2.05) is 19.1 Å². The van der Waals surface area contributed by atoms with Gasteiger partial charge in [-0.15, -0.1) is 0 Å². The van der Waals surface area contributed by atoms with Crippen molar-refractivity contribution in [3.8, 4) is 0 Å². The van der Waals surface area contributed by atoms with Crippen molar-refractivity contribution in [3.05, 3.63) is 47.5 Å². The van der Waals surface area contributed by atoms with Gasteiger partial charge in [-0.3, -0.25) is 4.79 Å². The van der Waals surface area contributed by atoms with Crippen LogP contribution in [-0.4, -0.2) is 73.8 Å². The van der Waals surface area contributed by atoms with Gasteiger partial charge in [-0.1, -0.05) is 32.4 Å². The van der Waals surface area contributed by atoms with Crippen molar-refractivity contribution in [2.75, 3.05) is 21.3 Å². The summed E-state index contributed by atoms with van der Waals surface area (Å²) >= 11 is 0. The molecule has 10 heteroatoms. The monoisotopic (exact) mass is 556 g/mol. The largest absolute Gasteiger partial charge is 0.457 e. The molecule has 8 nitrogen and oxygen atoms in total. The lowest BCUT2D eigenvalue weighted by atomic mass is 9.78. The van der Waals surface area contributed by atoms with Crippen LogP contribution >= 0.6 is 0 Å². The molecular formula is C29H42F2O8. The quantitative estimate of drug-likeness (QED) is 0.423. The molecule has 2 aliphatic heterocycles. The maximum Gasteiger partial charge on any atom is 0.314 e. The molecule has 2 heterocycles. The van der Waals surface area contributed by atoms with E-state index in [0.29, 0.717) is 19.3 Å². The van der Waals surface area contributed by atoms with Crippen LogP contribution in [0.4, 0.5) is 8.78 Å². The summed E-state index contributed by atoms with van der Waals surface area (Å²) in [5.74, 6) is -6.74. The highest BCUT2D eigenvalue weighted by atomic mass is 19.1. The van der Waals surface area contributed by atoms with Crippen molar-refractivity contribution in [2.45, 2.75) is 88.9 Å². The average Bonchev–Trinajstić information content (AvgIpc) is 2.89. The van der Waals surface area contributed by atoms with E-state index in [4.69, 9.17) is 23.7 Å². The number of rotatable bonds is 4. The third kappa shape index (κ3) is 7.04. The Kier molecular flexibility index (Phi) is 11.0. The first-order valence-corrected chi connectivity index (χ1v) is 13.5. The molecule has 1 saturated heterocycles. The number of cyclic esters (lactones) is 1. The Bertz CT molecular complexity index is 970. The number of hydrogen-bond acceptors (Lipinski definition) is 8. The Balaban J connectivity index is 2.04. The van der Waals surface area contributed by atoms with Crippen molar-refractivity contribution >= 4 is 5.97 Å². The Hall–Kier alpha value is -1.95. The second-order valence-corrected chi connectivity index (χ2v) is 10.7. The van der Waals surface area contributed by atoms with Gasteiger partial charge in [-0.05, 0) is 43.9 Å². The summed E-state index contributed by atoms with van der Waals surface area (Å²) in [6.07, 6.45) is 1.17. The maximum atomic E-state index is 14.1. The standard InChI is InChI=1S/C29H42F2O8/c1-16-11-12-24(36-5)23(35-4)10-8-7-9-22(19-13-20(30)15-21(31)14-19)38-28(33)18(3)29(34)27(37-6)25(32)17(2)26(16)39-29/h11-18,22-27,32,34H,7-10H2,1-6H3/b12-11+/t16-,17-,18+,22-,23?,24+,25-,26-,27+,29+/m0/s1. The third-order valence-corrected chi connectivity index (χ3v) is 8.11.